The van der Waals surface area contributed by atoms with Gasteiger partial charge in [-0.3, -0.25) is 9.59 Å². The molecule has 0 spiro atoms. The maximum Gasteiger partial charge on any atom is 0.309 e. The van der Waals surface area contributed by atoms with Gasteiger partial charge in [-0.25, -0.2) is 0 Å². The van der Waals surface area contributed by atoms with Crippen molar-refractivity contribution in [1.29, 1.82) is 0 Å². The Balaban J connectivity index is 2.39. The summed E-state index contributed by atoms with van der Waals surface area (Å²) in [6.45, 7) is 4.41. The summed E-state index contributed by atoms with van der Waals surface area (Å²) in [5.74, 6) is -1.28. The SMILES string of the molecule is CC1(C)CCCC(NC(=O)C(=O)NCC(N)=S)C1. The molecule has 0 saturated heterocycles. The van der Waals surface area contributed by atoms with E-state index in [0.717, 1.165) is 25.7 Å². The molecule has 102 valence electrons. The molecule has 0 radical (unpaired) electrons. The Hall–Kier alpha value is -1.17. The van der Waals surface area contributed by atoms with Crippen LogP contribution in [0.3, 0.4) is 0 Å². The quantitative estimate of drug-likeness (QED) is 0.515. The Morgan fingerprint density at radius 3 is 2.61 bits per heavy atom. The molecular weight excluding hydrogens is 250 g/mol. The zero-order valence-electron chi connectivity index (χ0n) is 10.9. The fraction of sp³-hybridized carbons (Fsp3) is 0.750. The van der Waals surface area contributed by atoms with Crippen molar-refractivity contribution in [2.24, 2.45) is 11.1 Å². The highest BCUT2D eigenvalue weighted by Gasteiger charge is 2.29. The van der Waals surface area contributed by atoms with Crippen molar-refractivity contribution in [2.75, 3.05) is 6.54 Å². The minimum atomic E-state index is -0.675. The van der Waals surface area contributed by atoms with Gasteiger partial charge in [0.05, 0.1) is 11.5 Å². The lowest BCUT2D eigenvalue weighted by Crippen LogP contribution is -2.48. The standard InChI is InChI=1S/C12H21N3O2S/c1-12(2)5-3-4-8(6-12)15-11(17)10(16)14-7-9(13)18/h8H,3-7H2,1-2H3,(H2,13,18)(H,14,16)(H,15,17). The zero-order valence-corrected chi connectivity index (χ0v) is 11.7. The second-order valence-corrected chi connectivity index (χ2v) is 6.10. The lowest BCUT2D eigenvalue weighted by molar-refractivity contribution is -0.139. The smallest absolute Gasteiger partial charge is 0.309 e. The number of hydrogen-bond donors (Lipinski definition) is 3. The molecule has 1 unspecified atom stereocenters. The van der Waals surface area contributed by atoms with Gasteiger partial charge in [0.2, 0.25) is 0 Å². The number of rotatable bonds is 3. The fourth-order valence-electron chi connectivity index (χ4n) is 2.32. The van der Waals surface area contributed by atoms with Crippen LogP contribution < -0.4 is 16.4 Å². The van der Waals surface area contributed by atoms with Crippen molar-refractivity contribution in [1.82, 2.24) is 10.6 Å². The molecule has 0 aromatic rings. The molecule has 1 saturated carbocycles. The molecule has 0 aliphatic heterocycles. The van der Waals surface area contributed by atoms with Gasteiger partial charge >= 0.3 is 11.8 Å². The summed E-state index contributed by atoms with van der Waals surface area (Å²) in [6.07, 6.45) is 4.07. The predicted molar refractivity (Wildman–Crippen MR) is 74.0 cm³/mol. The molecule has 1 aliphatic carbocycles. The van der Waals surface area contributed by atoms with E-state index < -0.39 is 11.8 Å². The van der Waals surface area contributed by atoms with Crippen LogP contribution in [0, 0.1) is 5.41 Å². The Morgan fingerprint density at radius 2 is 2.06 bits per heavy atom. The van der Waals surface area contributed by atoms with Crippen LogP contribution in [0.2, 0.25) is 0 Å². The summed E-state index contributed by atoms with van der Waals surface area (Å²) in [5, 5.41) is 5.14. The van der Waals surface area contributed by atoms with Gasteiger partial charge < -0.3 is 16.4 Å². The summed E-state index contributed by atoms with van der Waals surface area (Å²) < 4.78 is 0. The minimum Gasteiger partial charge on any atom is -0.392 e. The highest BCUT2D eigenvalue weighted by molar-refractivity contribution is 7.80. The number of amides is 2. The maximum atomic E-state index is 11.6. The second-order valence-electron chi connectivity index (χ2n) is 5.58. The van der Waals surface area contributed by atoms with Crippen LogP contribution in [0.4, 0.5) is 0 Å². The average molecular weight is 271 g/mol. The summed E-state index contributed by atoms with van der Waals surface area (Å²) in [5.41, 5.74) is 5.47. The summed E-state index contributed by atoms with van der Waals surface area (Å²) in [6, 6.07) is 0.0804. The molecule has 6 heteroatoms. The topological polar surface area (TPSA) is 84.2 Å². The first-order chi connectivity index (χ1) is 8.30. The highest BCUT2D eigenvalue weighted by atomic mass is 32.1. The third-order valence-electron chi connectivity index (χ3n) is 3.17. The van der Waals surface area contributed by atoms with E-state index in [1.807, 2.05) is 0 Å². The van der Waals surface area contributed by atoms with Gasteiger partial charge in [0.1, 0.15) is 0 Å². The van der Waals surface area contributed by atoms with E-state index in [2.05, 4.69) is 36.7 Å². The van der Waals surface area contributed by atoms with E-state index in [1.54, 1.807) is 0 Å². The van der Waals surface area contributed by atoms with Gasteiger partial charge in [0, 0.05) is 6.04 Å². The number of nitrogens with two attached hydrogens (primary N) is 1. The van der Waals surface area contributed by atoms with Crippen LogP contribution in [-0.4, -0.2) is 29.4 Å². The average Bonchev–Trinajstić information content (AvgIpc) is 2.24. The van der Waals surface area contributed by atoms with Crippen molar-refractivity contribution in [3.8, 4) is 0 Å². The minimum absolute atomic E-state index is 0.0533. The first-order valence-electron chi connectivity index (χ1n) is 6.17. The van der Waals surface area contributed by atoms with Gasteiger partial charge in [-0.2, -0.15) is 0 Å². The van der Waals surface area contributed by atoms with Crippen molar-refractivity contribution in [3.63, 3.8) is 0 Å². The fourth-order valence-corrected chi connectivity index (χ4v) is 2.39. The van der Waals surface area contributed by atoms with Crippen molar-refractivity contribution in [2.45, 2.75) is 45.6 Å². The molecule has 0 aromatic heterocycles. The molecular formula is C12H21N3O2S. The molecule has 0 bridgehead atoms. The summed E-state index contributed by atoms with van der Waals surface area (Å²) >= 11 is 4.62. The summed E-state index contributed by atoms with van der Waals surface area (Å²) in [7, 11) is 0. The van der Waals surface area contributed by atoms with Crippen molar-refractivity contribution >= 4 is 29.0 Å². The van der Waals surface area contributed by atoms with Gasteiger partial charge in [0.15, 0.2) is 0 Å². The van der Waals surface area contributed by atoms with Crippen LogP contribution in [0.5, 0.6) is 0 Å². The molecule has 4 N–H and O–H groups in total. The molecule has 5 nitrogen and oxygen atoms in total. The van der Waals surface area contributed by atoms with Gasteiger partial charge in [-0.05, 0) is 24.7 Å². The highest BCUT2D eigenvalue weighted by Crippen LogP contribution is 2.34. The lowest BCUT2D eigenvalue weighted by Gasteiger charge is -2.35. The van der Waals surface area contributed by atoms with E-state index in [-0.39, 0.29) is 23.0 Å². The van der Waals surface area contributed by atoms with Gasteiger partial charge in [-0.15, -0.1) is 0 Å². The van der Waals surface area contributed by atoms with Crippen LogP contribution in [0.1, 0.15) is 39.5 Å². The van der Waals surface area contributed by atoms with Crippen LogP contribution >= 0.6 is 12.2 Å². The molecule has 2 amide bonds. The normalized spacial score (nSPS) is 22.0. The van der Waals surface area contributed by atoms with E-state index in [9.17, 15) is 9.59 Å². The monoisotopic (exact) mass is 271 g/mol. The predicted octanol–water partition coefficient (Wildman–Crippen LogP) is 0.474. The number of hydrogen-bond acceptors (Lipinski definition) is 3. The second kappa shape index (κ2) is 6.13. The lowest BCUT2D eigenvalue weighted by atomic mass is 9.75. The summed E-state index contributed by atoms with van der Waals surface area (Å²) in [4.78, 5) is 23.2. The Bertz CT molecular complexity index is 355. The van der Waals surface area contributed by atoms with Crippen LogP contribution in [-0.2, 0) is 9.59 Å². The molecule has 18 heavy (non-hydrogen) atoms. The Labute approximate surface area is 113 Å². The van der Waals surface area contributed by atoms with E-state index in [4.69, 9.17) is 5.73 Å². The van der Waals surface area contributed by atoms with Crippen molar-refractivity contribution in [3.05, 3.63) is 0 Å². The maximum absolute atomic E-state index is 11.6. The van der Waals surface area contributed by atoms with Crippen LogP contribution in [0.25, 0.3) is 0 Å². The number of carbonyl (C=O) groups excluding carboxylic acids is 2. The molecule has 1 fully saturated rings. The van der Waals surface area contributed by atoms with E-state index in [1.165, 1.54) is 0 Å². The molecule has 0 aromatic carbocycles. The molecule has 1 aliphatic rings. The number of nitrogens with one attached hydrogen (secondary N) is 2. The Morgan fingerprint density at radius 1 is 1.39 bits per heavy atom. The largest absolute Gasteiger partial charge is 0.392 e. The first-order valence-corrected chi connectivity index (χ1v) is 6.58. The third-order valence-corrected chi connectivity index (χ3v) is 3.31. The first kappa shape index (κ1) is 14.9. The molecule has 0 heterocycles. The number of carbonyl (C=O) groups is 2. The Kier molecular flexibility index (Phi) is 5.07. The van der Waals surface area contributed by atoms with E-state index in [0.29, 0.717) is 0 Å². The number of thiocarbonyl (C=S) groups is 1. The molecule has 1 rings (SSSR count). The van der Waals surface area contributed by atoms with Crippen molar-refractivity contribution < 1.29 is 9.59 Å². The zero-order chi connectivity index (χ0) is 13.8. The van der Waals surface area contributed by atoms with Gasteiger partial charge in [0.25, 0.3) is 0 Å². The van der Waals surface area contributed by atoms with Crippen LogP contribution in [0.15, 0.2) is 0 Å². The third kappa shape index (κ3) is 5.00. The van der Waals surface area contributed by atoms with Gasteiger partial charge in [-0.1, -0.05) is 32.5 Å². The molecule has 1 atom stereocenters. The van der Waals surface area contributed by atoms with E-state index >= 15 is 0 Å².